The Morgan fingerprint density at radius 3 is 2.73 bits per heavy atom. The van der Waals surface area contributed by atoms with Crippen LogP contribution in [0, 0.1) is 0 Å². The number of aromatic amines is 1. The van der Waals surface area contributed by atoms with Gasteiger partial charge in [-0.2, -0.15) is 0 Å². The zero-order valence-corrected chi connectivity index (χ0v) is 20.4. The van der Waals surface area contributed by atoms with Gasteiger partial charge in [0, 0.05) is 67.9 Å². The van der Waals surface area contributed by atoms with Crippen molar-refractivity contribution >= 4 is 58.3 Å². The van der Waals surface area contributed by atoms with Crippen molar-refractivity contribution in [3.05, 3.63) is 35.0 Å². The maximum absolute atomic E-state index is 12.0. The quantitative estimate of drug-likeness (QED) is 0.297. The summed E-state index contributed by atoms with van der Waals surface area (Å²) in [5.41, 5.74) is 2.35. The number of aromatic nitrogens is 1. The summed E-state index contributed by atoms with van der Waals surface area (Å²) in [7, 11) is 1.82. The minimum absolute atomic E-state index is 0. The van der Waals surface area contributed by atoms with E-state index in [0.29, 0.717) is 12.6 Å². The van der Waals surface area contributed by atoms with Gasteiger partial charge >= 0.3 is 0 Å². The number of hydrogen-bond acceptors (Lipinski definition) is 3. The third kappa shape index (κ3) is 6.01. The monoisotopic (exact) mass is 544 g/mol. The first-order valence-electron chi connectivity index (χ1n) is 10.3. The molecule has 3 N–H and O–H groups in total. The molecule has 1 saturated heterocycles. The number of guanidine groups is 1. The van der Waals surface area contributed by atoms with E-state index < -0.39 is 0 Å². The molecule has 1 saturated carbocycles. The Morgan fingerprint density at radius 1 is 1.27 bits per heavy atom. The fraction of sp³-hybridized carbons (Fsp3) is 0.524. The first-order valence-corrected chi connectivity index (χ1v) is 10.7. The minimum Gasteiger partial charge on any atom is -0.361 e. The van der Waals surface area contributed by atoms with E-state index in [9.17, 15) is 4.79 Å². The molecule has 2 heterocycles. The Hall–Kier alpha value is -1.52. The molecule has 30 heavy (non-hydrogen) atoms. The van der Waals surface area contributed by atoms with Crippen LogP contribution in [0.4, 0.5) is 0 Å². The normalized spacial score (nSPS) is 17.7. The van der Waals surface area contributed by atoms with Crippen LogP contribution in [0.1, 0.15) is 18.4 Å². The number of fused-ring (bicyclic) bond motifs is 1. The van der Waals surface area contributed by atoms with Gasteiger partial charge in [-0.05, 0) is 43.0 Å². The molecule has 2 aliphatic rings. The Labute approximate surface area is 199 Å². The van der Waals surface area contributed by atoms with Gasteiger partial charge in [0.05, 0.1) is 6.54 Å². The van der Waals surface area contributed by atoms with Crippen LogP contribution in [0.25, 0.3) is 10.9 Å². The maximum Gasteiger partial charge on any atom is 0.234 e. The molecule has 1 aliphatic heterocycles. The van der Waals surface area contributed by atoms with Crippen molar-refractivity contribution in [1.82, 2.24) is 25.4 Å². The van der Waals surface area contributed by atoms with E-state index in [2.05, 4.69) is 36.6 Å². The van der Waals surface area contributed by atoms with Gasteiger partial charge in [-0.1, -0.05) is 11.6 Å². The van der Waals surface area contributed by atoms with Gasteiger partial charge in [-0.25, -0.2) is 0 Å². The Balaban J connectivity index is 0.00000256. The number of piperazine rings is 1. The first-order chi connectivity index (χ1) is 14.1. The highest BCUT2D eigenvalue weighted by Gasteiger charge is 2.25. The van der Waals surface area contributed by atoms with E-state index in [1.165, 1.54) is 10.9 Å². The standard InChI is InChI=1S/C21H29ClN6O.HI/c1-23-21(24-7-6-15-13-25-19-5-2-16(22)12-18(15)19)28-10-8-27(9-11-28)14-20(29)26-17-3-4-17;/h2,5,12-13,17,25H,3-4,6-11,14H2,1H3,(H,23,24)(H,26,29);1H. The summed E-state index contributed by atoms with van der Waals surface area (Å²) in [5.74, 6) is 1.08. The first kappa shape index (κ1) is 23.1. The van der Waals surface area contributed by atoms with Gasteiger partial charge in [0.25, 0.3) is 0 Å². The average molecular weight is 545 g/mol. The summed E-state index contributed by atoms with van der Waals surface area (Å²) in [4.78, 5) is 24.2. The number of hydrogen-bond donors (Lipinski definition) is 3. The topological polar surface area (TPSA) is 75.8 Å². The lowest BCUT2D eigenvalue weighted by molar-refractivity contribution is -0.122. The van der Waals surface area contributed by atoms with E-state index in [0.717, 1.165) is 68.5 Å². The predicted molar refractivity (Wildman–Crippen MR) is 133 cm³/mol. The molecule has 0 radical (unpaired) electrons. The second-order valence-electron chi connectivity index (χ2n) is 7.83. The van der Waals surface area contributed by atoms with Crippen LogP contribution >= 0.6 is 35.6 Å². The van der Waals surface area contributed by atoms with E-state index in [4.69, 9.17) is 11.6 Å². The summed E-state index contributed by atoms with van der Waals surface area (Å²) >= 11 is 6.14. The molecular formula is C21H30ClIN6O. The molecule has 1 aliphatic carbocycles. The lowest BCUT2D eigenvalue weighted by Gasteiger charge is -2.36. The Bertz CT molecular complexity index is 889. The predicted octanol–water partition coefficient (Wildman–Crippen LogP) is 2.45. The van der Waals surface area contributed by atoms with Gasteiger partial charge in [0.2, 0.25) is 5.91 Å². The van der Waals surface area contributed by atoms with E-state index in [1.807, 2.05) is 25.2 Å². The minimum atomic E-state index is 0. The van der Waals surface area contributed by atoms with Gasteiger partial charge in [-0.15, -0.1) is 24.0 Å². The lowest BCUT2D eigenvalue weighted by atomic mass is 10.1. The number of nitrogens with one attached hydrogen (secondary N) is 3. The molecule has 7 nitrogen and oxygen atoms in total. The van der Waals surface area contributed by atoms with Crippen molar-refractivity contribution in [1.29, 1.82) is 0 Å². The largest absolute Gasteiger partial charge is 0.361 e. The zero-order chi connectivity index (χ0) is 20.2. The molecule has 0 unspecified atom stereocenters. The summed E-state index contributed by atoms with van der Waals surface area (Å²) in [5, 5.41) is 8.47. The number of aliphatic imine (C=N–C) groups is 1. The van der Waals surface area contributed by atoms with Crippen LogP contribution in [0.5, 0.6) is 0 Å². The average Bonchev–Trinajstić information content (AvgIpc) is 3.44. The van der Waals surface area contributed by atoms with Gasteiger partial charge in [0.1, 0.15) is 0 Å². The summed E-state index contributed by atoms with van der Waals surface area (Å²) in [6, 6.07) is 6.35. The van der Waals surface area contributed by atoms with Gasteiger partial charge < -0.3 is 20.5 Å². The molecule has 4 rings (SSSR count). The SMILES string of the molecule is CN=C(NCCc1c[nH]c2ccc(Cl)cc12)N1CCN(CC(=O)NC2CC2)CC1.I. The smallest absolute Gasteiger partial charge is 0.234 e. The van der Waals surface area contributed by atoms with Gasteiger partial charge in [-0.3, -0.25) is 14.7 Å². The molecule has 0 atom stereocenters. The number of carbonyl (C=O) groups is 1. The van der Waals surface area contributed by atoms with Crippen molar-refractivity contribution in [2.24, 2.45) is 4.99 Å². The van der Waals surface area contributed by atoms with E-state index in [-0.39, 0.29) is 29.9 Å². The maximum atomic E-state index is 12.0. The molecule has 1 amide bonds. The van der Waals surface area contributed by atoms with Gasteiger partial charge in [0.15, 0.2) is 5.96 Å². The van der Waals surface area contributed by atoms with Crippen molar-refractivity contribution in [3.63, 3.8) is 0 Å². The summed E-state index contributed by atoms with van der Waals surface area (Å²) in [6.45, 7) is 4.80. The zero-order valence-electron chi connectivity index (χ0n) is 17.3. The van der Waals surface area contributed by atoms with E-state index in [1.54, 1.807) is 0 Å². The Kier molecular flexibility index (Phi) is 8.24. The molecule has 0 bridgehead atoms. The van der Waals surface area contributed by atoms with Crippen LogP contribution in [0.3, 0.4) is 0 Å². The highest BCUT2D eigenvalue weighted by Crippen LogP contribution is 2.22. The number of H-pyrrole nitrogens is 1. The van der Waals surface area contributed by atoms with Crippen LogP contribution in [0.2, 0.25) is 5.02 Å². The van der Waals surface area contributed by atoms with E-state index >= 15 is 0 Å². The van der Waals surface area contributed by atoms with Crippen LogP contribution in [0.15, 0.2) is 29.4 Å². The molecule has 2 aromatic rings. The fourth-order valence-electron chi connectivity index (χ4n) is 3.82. The van der Waals surface area contributed by atoms with Crippen molar-refractivity contribution in [2.45, 2.75) is 25.3 Å². The molecular weight excluding hydrogens is 515 g/mol. The second kappa shape index (κ2) is 10.7. The van der Waals surface area contributed by atoms with Crippen LogP contribution < -0.4 is 10.6 Å². The molecule has 1 aromatic carbocycles. The number of benzene rings is 1. The van der Waals surface area contributed by atoms with Crippen LogP contribution in [-0.4, -0.2) is 79.0 Å². The molecule has 9 heteroatoms. The van der Waals surface area contributed by atoms with Crippen LogP contribution in [-0.2, 0) is 11.2 Å². The van der Waals surface area contributed by atoms with Crippen molar-refractivity contribution in [3.8, 4) is 0 Å². The third-order valence-corrected chi connectivity index (χ3v) is 5.84. The van der Waals surface area contributed by atoms with Crippen molar-refractivity contribution < 1.29 is 4.79 Å². The summed E-state index contributed by atoms with van der Waals surface area (Å²) < 4.78 is 0. The highest BCUT2D eigenvalue weighted by molar-refractivity contribution is 14.0. The number of rotatable bonds is 6. The lowest BCUT2D eigenvalue weighted by Crippen LogP contribution is -2.54. The fourth-order valence-corrected chi connectivity index (χ4v) is 3.99. The molecule has 0 spiro atoms. The number of amides is 1. The molecule has 164 valence electrons. The third-order valence-electron chi connectivity index (χ3n) is 5.60. The number of nitrogens with zero attached hydrogens (tertiary/aromatic N) is 3. The number of carbonyl (C=O) groups excluding carboxylic acids is 1. The van der Waals surface area contributed by atoms with Crippen molar-refractivity contribution in [2.75, 3.05) is 46.3 Å². The molecule has 2 fully saturated rings. The summed E-state index contributed by atoms with van der Waals surface area (Å²) in [6.07, 6.45) is 5.21. The number of halogens is 2. The Morgan fingerprint density at radius 2 is 2.03 bits per heavy atom. The second-order valence-corrected chi connectivity index (χ2v) is 8.27. The molecule has 1 aromatic heterocycles. The highest BCUT2D eigenvalue weighted by atomic mass is 127.